The fourth-order valence-corrected chi connectivity index (χ4v) is 5.75. The van der Waals surface area contributed by atoms with E-state index >= 15 is 0 Å². The highest BCUT2D eigenvalue weighted by atomic mass is 16.1. The second-order valence-corrected chi connectivity index (χ2v) is 9.55. The maximum absolute atomic E-state index is 13.2. The molecule has 168 valence electrons. The minimum atomic E-state index is 0.0425. The first kappa shape index (κ1) is 21.1. The lowest BCUT2D eigenvalue weighted by Gasteiger charge is -2.37. The van der Waals surface area contributed by atoms with Crippen LogP contribution >= 0.6 is 0 Å². The molecule has 1 saturated heterocycles. The van der Waals surface area contributed by atoms with Gasteiger partial charge in [-0.05, 0) is 68.8 Å². The lowest BCUT2D eigenvalue weighted by Crippen LogP contribution is -2.41. The number of fused-ring (bicyclic) bond motifs is 1. The number of aromatic nitrogens is 3. The Morgan fingerprint density at radius 3 is 2.41 bits per heavy atom. The van der Waals surface area contributed by atoms with Crippen LogP contribution in [0.3, 0.4) is 0 Å². The molecular formula is C26H33N5O. The van der Waals surface area contributed by atoms with E-state index in [0.717, 1.165) is 55.5 Å². The van der Waals surface area contributed by atoms with Crippen molar-refractivity contribution in [1.82, 2.24) is 19.9 Å². The summed E-state index contributed by atoms with van der Waals surface area (Å²) in [6, 6.07) is 14.5. The van der Waals surface area contributed by atoms with Crippen molar-refractivity contribution in [3.05, 3.63) is 59.0 Å². The number of anilines is 2. The summed E-state index contributed by atoms with van der Waals surface area (Å²) in [6.45, 7) is 6.53. The van der Waals surface area contributed by atoms with E-state index in [-0.39, 0.29) is 11.6 Å². The van der Waals surface area contributed by atoms with Gasteiger partial charge in [-0.1, -0.05) is 38.5 Å². The average molecular weight is 432 g/mol. The SMILES string of the molecule is CC1CCCC(C)C1n1c(=O)ccc2cnc(N(c3ccccc3)C3CCNCC3)nc21. The van der Waals surface area contributed by atoms with E-state index in [1.807, 2.05) is 22.9 Å². The van der Waals surface area contributed by atoms with Crippen LogP contribution in [0.25, 0.3) is 11.0 Å². The molecule has 6 nitrogen and oxygen atoms in total. The van der Waals surface area contributed by atoms with Gasteiger partial charge in [0, 0.05) is 35.4 Å². The van der Waals surface area contributed by atoms with Gasteiger partial charge < -0.3 is 10.2 Å². The molecule has 2 fully saturated rings. The van der Waals surface area contributed by atoms with E-state index < -0.39 is 0 Å². The van der Waals surface area contributed by atoms with E-state index in [4.69, 9.17) is 9.97 Å². The molecule has 5 rings (SSSR count). The Labute approximate surface area is 189 Å². The minimum Gasteiger partial charge on any atom is -0.317 e. The highest BCUT2D eigenvalue weighted by Gasteiger charge is 2.32. The Balaban J connectivity index is 1.66. The molecule has 0 radical (unpaired) electrons. The van der Waals surface area contributed by atoms with Gasteiger partial charge in [-0.3, -0.25) is 9.36 Å². The molecule has 0 amide bonds. The van der Waals surface area contributed by atoms with Crippen molar-refractivity contribution in [2.75, 3.05) is 18.0 Å². The van der Waals surface area contributed by atoms with Crippen LogP contribution in [0.15, 0.2) is 53.5 Å². The highest BCUT2D eigenvalue weighted by Crippen LogP contribution is 2.39. The summed E-state index contributed by atoms with van der Waals surface area (Å²) < 4.78 is 1.97. The fourth-order valence-electron chi connectivity index (χ4n) is 5.75. The van der Waals surface area contributed by atoms with Crippen molar-refractivity contribution >= 4 is 22.7 Å². The standard InChI is InChI=1S/C26H33N5O/c1-18-7-6-8-19(2)24(18)31-23(32)12-11-20-17-28-26(29-25(20)31)30(21-9-4-3-5-10-21)22-13-15-27-16-14-22/h3-5,9-12,17-19,22,24,27H,6-8,13-16H2,1-2H3. The zero-order chi connectivity index (χ0) is 22.1. The van der Waals surface area contributed by atoms with Crippen LogP contribution in [-0.2, 0) is 0 Å². The third kappa shape index (κ3) is 3.92. The smallest absolute Gasteiger partial charge is 0.252 e. The van der Waals surface area contributed by atoms with Gasteiger partial charge in [0.05, 0.1) is 0 Å². The van der Waals surface area contributed by atoms with Crippen molar-refractivity contribution in [2.45, 2.75) is 58.0 Å². The van der Waals surface area contributed by atoms with Crippen LogP contribution in [0.4, 0.5) is 11.6 Å². The number of benzene rings is 1. The van der Waals surface area contributed by atoms with Gasteiger partial charge in [-0.2, -0.15) is 4.98 Å². The number of nitrogens with one attached hydrogen (secondary N) is 1. The topological polar surface area (TPSA) is 63.1 Å². The maximum Gasteiger partial charge on any atom is 0.252 e. The van der Waals surface area contributed by atoms with Gasteiger partial charge in [0.25, 0.3) is 5.56 Å². The number of piperidine rings is 1. The lowest BCUT2D eigenvalue weighted by molar-refractivity contribution is 0.184. The number of rotatable bonds is 4. The first-order chi connectivity index (χ1) is 15.6. The van der Waals surface area contributed by atoms with Crippen LogP contribution in [-0.4, -0.2) is 33.7 Å². The first-order valence-electron chi connectivity index (χ1n) is 12.1. The summed E-state index contributed by atoms with van der Waals surface area (Å²) in [5.41, 5.74) is 1.91. The number of nitrogens with zero attached hydrogens (tertiary/aromatic N) is 4. The van der Waals surface area contributed by atoms with Gasteiger partial charge in [0.15, 0.2) is 0 Å². The van der Waals surface area contributed by atoms with Gasteiger partial charge in [-0.25, -0.2) is 4.98 Å². The van der Waals surface area contributed by atoms with Crippen LogP contribution in [0, 0.1) is 11.8 Å². The summed E-state index contributed by atoms with van der Waals surface area (Å²) in [6.07, 6.45) is 7.50. The Morgan fingerprint density at radius 2 is 1.69 bits per heavy atom. The van der Waals surface area contributed by atoms with E-state index in [1.54, 1.807) is 6.07 Å². The minimum absolute atomic E-state index is 0.0425. The Kier molecular flexibility index (Phi) is 5.96. The van der Waals surface area contributed by atoms with Gasteiger partial charge in [0.2, 0.25) is 5.95 Å². The highest BCUT2D eigenvalue weighted by molar-refractivity contribution is 5.76. The summed E-state index contributed by atoms with van der Waals surface area (Å²) >= 11 is 0. The monoisotopic (exact) mass is 431 g/mol. The molecular weight excluding hydrogens is 398 g/mol. The maximum atomic E-state index is 13.2. The molecule has 1 aromatic carbocycles. The molecule has 32 heavy (non-hydrogen) atoms. The van der Waals surface area contributed by atoms with Crippen molar-refractivity contribution in [3.63, 3.8) is 0 Å². The van der Waals surface area contributed by atoms with Crippen LogP contribution in [0.2, 0.25) is 0 Å². The van der Waals surface area contributed by atoms with Crippen LogP contribution < -0.4 is 15.8 Å². The second kappa shape index (κ2) is 9.02. The lowest BCUT2D eigenvalue weighted by atomic mass is 9.78. The van der Waals surface area contributed by atoms with E-state index in [2.05, 4.69) is 48.3 Å². The number of hydrogen-bond donors (Lipinski definition) is 1. The summed E-state index contributed by atoms with van der Waals surface area (Å²) in [5, 5.41) is 4.39. The van der Waals surface area contributed by atoms with E-state index in [0.29, 0.717) is 23.8 Å². The van der Waals surface area contributed by atoms with Gasteiger partial charge in [0.1, 0.15) is 5.65 Å². The molecule has 3 aromatic rings. The number of pyridine rings is 1. The quantitative estimate of drug-likeness (QED) is 0.650. The van der Waals surface area contributed by atoms with Gasteiger partial charge in [-0.15, -0.1) is 0 Å². The molecule has 0 bridgehead atoms. The molecule has 1 aliphatic carbocycles. The largest absolute Gasteiger partial charge is 0.317 e. The molecule has 2 aliphatic rings. The van der Waals surface area contributed by atoms with E-state index in [9.17, 15) is 4.79 Å². The summed E-state index contributed by atoms with van der Waals surface area (Å²) in [5.74, 6) is 1.59. The molecule has 0 spiro atoms. The normalized spacial score (nSPS) is 24.5. The fraction of sp³-hybridized carbons (Fsp3) is 0.500. The molecule has 1 saturated carbocycles. The van der Waals surface area contributed by atoms with Crippen molar-refractivity contribution in [1.29, 1.82) is 0 Å². The molecule has 1 aliphatic heterocycles. The van der Waals surface area contributed by atoms with Crippen LogP contribution in [0.1, 0.15) is 52.0 Å². The summed E-state index contributed by atoms with van der Waals surface area (Å²) in [4.78, 5) is 25.3. The Bertz CT molecular complexity index is 1110. The van der Waals surface area contributed by atoms with Crippen molar-refractivity contribution in [3.8, 4) is 0 Å². The molecule has 2 atom stereocenters. The molecule has 2 aromatic heterocycles. The van der Waals surface area contributed by atoms with Crippen LogP contribution in [0.5, 0.6) is 0 Å². The third-order valence-electron chi connectivity index (χ3n) is 7.36. The summed E-state index contributed by atoms with van der Waals surface area (Å²) in [7, 11) is 0. The van der Waals surface area contributed by atoms with Crippen molar-refractivity contribution < 1.29 is 0 Å². The Hall–Kier alpha value is -2.73. The predicted molar refractivity (Wildman–Crippen MR) is 129 cm³/mol. The molecule has 1 N–H and O–H groups in total. The molecule has 6 heteroatoms. The zero-order valence-electron chi connectivity index (χ0n) is 19.1. The zero-order valence-corrected chi connectivity index (χ0v) is 19.1. The van der Waals surface area contributed by atoms with Crippen molar-refractivity contribution in [2.24, 2.45) is 11.8 Å². The Morgan fingerprint density at radius 1 is 0.969 bits per heavy atom. The second-order valence-electron chi connectivity index (χ2n) is 9.55. The average Bonchev–Trinajstić information content (AvgIpc) is 2.82. The van der Waals surface area contributed by atoms with Gasteiger partial charge >= 0.3 is 0 Å². The predicted octanol–water partition coefficient (Wildman–Crippen LogP) is 4.68. The molecule has 3 heterocycles. The van der Waals surface area contributed by atoms with E-state index in [1.165, 1.54) is 6.42 Å². The first-order valence-corrected chi connectivity index (χ1v) is 12.1. The number of para-hydroxylation sites is 1. The molecule has 2 unspecified atom stereocenters. The number of hydrogen-bond acceptors (Lipinski definition) is 5. The third-order valence-corrected chi connectivity index (χ3v) is 7.36.